The maximum absolute atomic E-state index is 2.45. The van der Waals surface area contributed by atoms with Crippen LogP contribution in [-0.4, -0.2) is 12.6 Å². The summed E-state index contributed by atoms with van der Waals surface area (Å²) in [5, 5.41) is 9.11. The molecular formula is C55H33IN2S. The van der Waals surface area contributed by atoms with Crippen molar-refractivity contribution < 1.29 is 0 Å². The van der Waals surface area contributed by atoms with Gasteiger partial charge in [0.05, 0.1) is 22.1 Å². The number of benzene rings is 9. The average Bonchev–Trinajstić information content (AvgIpc) is 3.97. The largest absolute Gasteiger partial charge is 0.309 e. The lowest BCUT2D eigenvalue weighted by Gasteiger charge is -2.20. The molecule has 4 heterocycles. The molecule has 1 aliphatic rings. The van der Waals surface area contributed by atoms with Gasteiger partial charge in [-0.1, -0.05) is 166 Å². The second-order valence-electron chi connectivity index (χ2n) is 15.4. The number of halogens is 1. The molecule has 13 rings (SSSR count). The number of thiophene rings is 1. The van der Waals surface area contributed by atoms with Crippen molar-refractivity contribution in [2.75, 3.05) is 0 Å². The third kappa shape index (κ3) is 5.00. The van der Waals surface area contributed by atoms with E-state index in [9.17, 15) is 0 Å². The molecule has 0 saturated heterocycles. The lowest BCUT2D eigenvalue weighted by Crippen LogP contribution is -2.06. The standard InChI is InChI=1S/C55H33IN2S/c1-2-14-40-35(13-1)29-30-46-52(40)55-53(45-19-7-12-24-51(45)59-55)54(56-46)36-27-25-34(26-28-36)37-31-38(57-47-20-8-3-15-41(47)42-16-4-9-21-48(42)57)33-39(32-37)58-49-22-10-5-17-43(49)44-18-6-11-23-50(44)58/h1-33H. The lowest BCUT2D eigenvalue weighted by molar-refractivity contribution is 1.13. The molecule has 59 heavy (non-hydrogen) atoms. The first-order valence-electron chi connectivity index (χ1n) is 20.1. The van der Waals surface area contributed by atoms with Crippen molar-refractivity contribution in [3.8, 4) is 32.9 Å². The first-order valence-corrected chi connectivity index (χ1v) is 23.0. The zero-order valence-corrected chi connectivity index (χ0v) is 34.7. The van der Waals surface area contributed by atoms with Gasteiger partial charge in [0.25, 0.3) is 0 Å². The quantitative estimate of drug-likeness (QED) is 0.156. The van der Waals surface area contributed by atoms with E-state index in [1.165, 1.54) is 104 Å². The van der Waals surface area contributed by atoms with Crippen LogP contribution >= 0.6 is 32.1 Å². The zero-order chi connectivity index (χ0) is 38.6. The van der Waals surface area contributed by atoms with Crippen molar-refractivity contribution in [3.63, 3.8) is 0 Å². The molecule has 0 N–H and O–H groups in total. The van der Waals surface area contributed by atoms with Crippen LogP contribution in [0.25, 0.3) is 97.4 Å². The van der Waals surface area contributed by atoms with E-state index in [2.05, 4.69) is 209 Å². The fourth-order valence-electron chi connectivity index (χ4n) is 9.57. The van der Waals surface area contributed by atoms with E-state index >= 15 is 0 Å². The van der Waals surface area contributed by atoms with Crippen molar-refractivity contribution in [2.45, 2.75) is 0 Å². The van der Waals surface area contributed by atoms with Gasteiger partial charge in [-0.15, -0.1) is 11.3 Å². The lowest BCUT2D eigenvalue weighted by atomic mass is 9.95. The fraction of sp³-hybridized carbons (Fsp3) is 0. The van der Waals surface area contributed by atoms with Crippen LogP contribution in [0, 0.1) is 3.57 Å². The fourth-order valence-corrected chi connectivity index (χ4v) is 14.5. The Morgan fingerprint density at radius 3 is 1.41 bits per heavy atom. The molecule has 0 bridgehead atoms. The Morgan fingerprint density at radius 2 is 0.831 bits per heavy atom. The molecule has 4 heteroatoms. The summed E-state index contributed by atoms with van der Waals surface area (Å²) in [7, 11) is 0. The molecule has 0 spiro atoms. The molecule has 3 aromatic heterocycles. The number of rotatable bonds is 4. The molecule has 0 aliphatic carbocycles. The molecule has 0 saturated carbocycles. The van der Waals surface area contributed by atoms with Crippen molar-refractivity contribution in [3.05, 3.63) is 215 Å². The van der Waals surface area contributed by atoms with E-state index in [1.807, 2.05) is 11.3 Å². The Kier molecular flexibility index (Phi) is 7.33. The summed E-state index contributed by atoms with van der Waals surface area (Å²) in [4.78, 5) is 1.41. The molecule has 9 aromatic carbocycles. The van der Waals surface area contributed by atoms with Crippen LogP contribution in [0.5, 0.6) is 0 Å². The zero-order valence-electron chi connectivity index (χ0n) is 31.7. The molecule has 0 amide bonds. The predicted molar refractivity (Wildman–Crippen MR) is 261 cm³/mol. The topological polar surface area (TPSA) is 9.86 Å². The van der Waals surface area contributed by atoms with Crippen LogP contribution in [0.15, 0.2) is 200 Å². The first-order chi connectivity index (χ1) is 29.3. The minimum atomic E-state index is -0.441. The van der Waals surface area contributed by atoms with E-state index in [1.54, 1.807) is 0 Å². The molecular weight excluding hydrogens is 848 g/mol. The van der Waals surface area contributed by atoms with Gasteiger partial charge >= 0.3 is 0 Å². The maximum Gasteiger partial charge on any atom is 0.0541 e. The molecule has 0 unspecified atom stereocenters. The van der Waals surface area contributed by atoms with Crippen LogP contribution < -0.4 is 0 Å². The molecule has 0 fully saturated rings. The Bertz CT molecular complexity index is 3490. The van der Waals surface area contributed by atoms with E-state index in [4.69, 9.17) is 0 Å². The summed E-state index contributed by atoms with van der Waals surface area (Å²) in [5.41, 5.74) is 13.7. The van der Waals surface area contributed by atoms with E-state index < -0.39 is 20.7 Å². The van der Waals surface area contributed by atoms with Gasteiger partial charge in [0.2, 0.25) is 0 Å². The Morgan fingerprint density at radius 1 is 0.356 bits per heavy atom. The molecule has 12 aromatic rings. The van der Waals surface area contributed by atoms with E-state index in [-0.39, 0.29) is 0 Å². The highest BCUT2D eigenvalue weighted by molar-refractivity contribution is 14.2. The third-order valence-electron chi connectivity index (χ3n) is 12.2. The minimum Gasteiger partial charge on any atom is -0.309 e. The molecule has 0 radical (unpaired) electrons. The van der Waals surface area contributed by atoms with Crippen molar-refractivity contribution in [1.29, 1.82) is 0 Å². The van der Waals surface area contributed by atoms with Crippen molar-refractivity contribution in [2.24, 2.45) is 0 Å². The smallest absolute Gasteiger partial charge is 0.0541 e. The highest BCUT2D eigenvalue weighted by Crippen LogP contribution is 2.50. The van der Waals surface area contributed by atoms with Gasteiger partial charge in [-0.2, -0.15) is 0 Å². The Labute approximate surface area is 354 Å². The van der Waals surface area contributed by atoms with Crippen LogP contribution in [0.3, 0.4) is 0 Å². The highest BCUT2D eigenvalue weighted by atomic mass is 127. The minimum absolute atomic E-state index is 0.441. The SMILES string of the molecule is c1ccc2c3c(ccc2c1)I=C(c1ccc(-c2cc(-n4c5ccccc5c5ccccc54)cc(-n4c5ccccc5c5ccccc54)c2)cc1)c1c-3sc2ccccc12. The summed E-state index contributed by atoms with van der Waals surface area (Å²) >= 11 is 1.51. The summed E-state index contributed by atoms with van der Waals surface area (Å²) in [5.74, 6) is 0. The van der Waals surface area contributed by atoms with Gasteiger partial charge in [0, 0.05) is 66.1 Å². The third-order valence-corrected chi connectivity index (χ3v) is 16.5. The van der Waals surface area contributed by atoms with Crippen molar-refractivity contribution in [1.82, 2.24) is 9.13 Å². The summed E-state index contributed by atoms with van der Waals surface area (Å²) in [6, 6.07) is 74.5. The molecule has 276 valence electrons. The average molecular weight is 881 g/mol. The normalized spacial score (nSPS) is 12.6. The van der Waals surface area contributed by atoms with Crippen molar-refractivity contribution >= 4 is 100 Å². The number of fused-ring (bicyclic) bond motifs is 13. The summed E-state index contributed by atoms with van der Waals surface area (Å²) in [6.07, 6.45) is 0. The number of aromatic nitrogens is 2. The van der Waals surface area contributed by atoms with Crippen LogP contribution in [0.4, 0.5) is 0 Å². The first kappa shape index (κ1) is 33.4. The summed E-state index contributed by atoms with van der Waals surface area (Å²) < 4.78 is 9.28. The predicted octanol–water partition coefficient (Wildman–Crippen LogP) is 15.3. The van der Waals surface area contributed by atoms with Gasteiger partial charge in [0.1, 0.15) is 0 Å². The summed E-state index contributed by atoms with van der Waals surface area (Å²) in [6.45, 7) is 0. The van der Waals surface area contributed by atoms with E-state index in [0.29, 0.717) is 0 Å². The van der Waals surface area contributed by atoms with Gasteiger partial charge in [-0.05, 0) is 82.1 Å². The number of hydrogen-bond acceptors (Lipinski definition) is 1. The van der Waals surface area contributed by atoms with Gasteiger partial charge in [-0.25, -0.2) is 0 Å². The van der Waals surface area contributed by atoms with Crippen LogP contribution in [0.1, 0.15) is 11.1 Å². The van der Waals surface area contributed by atoms with Gasteiger partial charge in [0.15, 0.2) is 0 Å². The monoisotopic (exact) mass is 880 g/mol. The van der Waals surface area contributed by atoms with Gasteiger partial charge in [-0.3, -0.25) is 0 Å². The van der Waals surface area contributed by atoms with Crippen LogP contribution in [-0.2, 0) is 0 Å². The Hall–Kier alpha value is -6.60. The highest BCUT2D eigenvalue weighted by Gasteiger charge is 2.26. The van der Waals surface area contributed by atoms with E-state index in [0.717, 1.165) is 11.4 Å². The number of nitrogens with zero attached hydrogens (tertiary/aromatic N) is 2. The molecule has 1 aliphatic heterocycles. The second-order valence-corrected chi connectivity index (χ2v) is 19.2. The molecule has 2 nitrogen and oxygen atoms in total. The number of para-hydroxylation sites is 4. The molecule has 0 atom stereocenters. The van der Waals surface area contributed by atoms with Gasteiger partial charge < -0.3 is 9.13 Å². The maximum atomic E-state index is 2.45. The van der Waals surface area contributed by atoms with Crippen LogP contribution in [0.2, 0.25) is 0 Å². The second kappa shape index (κ2) is 13.0. The Balaban J connectivity index is 1.03. The number of hydrogen-bond donors (Lipinski definition) is 0.